The Bertz CT molecular complexity index is 304. The molecule has 0 aliphatic rings. The van der Waals surface area contributed by atoms with Gasteiger partial charge in [-0.05, 0) is 37.1 Å². The lowest BCUT2D eigenvalue weighted by molar-refractivity contribution is 0.166. The van der Waals surface area contributed by atoms with Gasteiger partial charge in [0.05, 0.1) is 6.61 Å². The number of methoxy groups -OCH3 is 1. The normalized spacial score (nSPS) is 12.7. The topological polar surface area (TPSA) is 21.3 Å². The van der Waals surface area contributed by atoms with Gasteiger partial charge in [-0.2, -0.15) is 0 Å². The van der Waals surface area contributed by atoms with Crippen molar-refractivity contribution in [2.75, 3.05) is 20.3 Å². The molecule has 1 aromatic rings. The lowest BCUT2D eigenvalue weighted by atomic mass is 10.1. The summed E-state index contributed by atoms with van der Waals surface area (Å²) < 4.78 is 5.21. The van der Waals surface area contributed by atoms with Crippen LogP contribution in [0.3, 0.4) is 0 Å². The van der Waals surface area contributed by atoms with Crippen molar-refractivity contribution in [2.24, 2.45) is 0 Å². The molecule has 0 aliphatic carbocycles. The van der Waals surface area contributed by atoms with Gasteiger partial charge in [-0.15, -0.1) is 0 Å². The summed E-state index contributed by atoms with van der Waals surface area (Å²) in [6.45, 7) is 3.91. The van der Waals surface area contributed by atoms with Gasteiger partial charge in [0.15, 0.2) is 0 Å². The molecule has 0 bridgehead atoms. The molecule has 16 heavy (non-hydrogen) atoms. The summed E-state index contributed by atoms with van der Waals surface area (Å²) >= 11 is 5.96. The van der Waals surface area contributed by atoms with E-state index in [2.05, 4.69) is 18.3 Å². The third-order valence-electron chi connectivity index (χ3n) is 2.42. The van der Waals surface area contributed by atoms with Crippen LogP contribution in [0.15, 0.2) is 24.3 Å². The van der Waals surface area contributed by atoms with Crippen molar-refractivity contribution in [3.8, 4) is 0 Å². The molecule has 3 heteroatoms. The van der Waals surface area contributed by atoms with E-state index >= 15 is 0 Å². The Morgan fingerprint density at radius 1 is 1.44 bits per heavy atom. The van der Waals surface area contributed by atoms with Gasteiger partial charge >= 0.3 is 0 Å². The summed E-state index contributed by atoms with van der Waals surface area (Å²) in [7, 11) is 1.73. The van der Waals surface area contributed by atoms with E-state index in [1.807, 2.05) is 18.2 Å². The van der Waals surface area contributed by atoms with Crippen molar-refractivity contribution in [1.82, 2.24) is 5.32 Å². The molecule has 0 heterocycles. The molecule has 0 fully saturated rings. The van der Waals surface area contributed by atoms with Gasteiger partial charge in [-0.25, -0.2) is 0 Å². The van der Waals surface area contributed by atoms with Crippen molar-refractivity contribution in [3.05, 3.63) is 34.9 Å². The summed E-state index contributed by atoms with van der Waals surface area (Å²) in [6, 6.07) is 8.36. The second kappa shape index (κ2) is 7.66. The highest BCUT2D eigenvalue weighted by Gasteiger charge is 2.08. The summed E-state index contributed by atoms with van der Waals surface area (Å²) in [5, 5.41) is 4.27. The molecule has 0 aliphatic heterocycles. The summed E-state index contributed by atoms with van der Waals surface area (Å²) in [5.74, 6) is 0. The van der Waals surface area contributed by atoms with Gasteiger partial charge < -0.3 is 10.1 Å². The lowest BCUT2D eigenvalue weighted by Gasteiger charge is -2.17. The van der Waals surface area contributed by atoms with E-state index in [-0.39, 0.29) is 0 Å². The molecule has 0 radical (unpaired) electrons. The standard InChI is InChI=1S/C13H20ClNO/c1-3-7-15-13(10-16-2)9-11-5-4-6-12(14)8-11/h4-6,8,13,15H,3,7,9-10H2,1-2H3. The maximum absolute atomic E-state index is 5.96. The van der Waals surface area contributed by atoms with Gasteiger partial charge in [0, 0.05) is 18.2 Å². The molecule has 1 unspecified atom stereocenters. The van der Waals surface area contributed by atoms with Crippen molar-refractivity contribution < 1.29 is 4.74 Å². The van der Waals surface area contributed by atoms with E-state index in [0.29, 0.717) is 6.04 Å². The molecule has 0 amide bonds. The first kappa shape index (κ1) is 13.5. The van der Waals surface area contributed by atoms with Crippen LogP contribution in [0.2, 0.25) is 5.02 Å². The summed E-state index contributed by atoms with van der Waals surface area (Å²) in [4.78, 5) is 0. The maximum atomic E-state index is 5.96. The molecular weight excluding hydrogens is 222 g/mol. The first-order chi connectivity index (χ1) is 7.76. The van der Waals surface area contributed by atoms with E-state index in [4.69, 9.17) is 16.3 Å². The van der Waals surface area contributed by atoms with E-state index in [1.165, 1.54) is 5.56 Å². The molecule has 0 saturated carbocycles. The molecule has 90 valence electrons. The molecule has 1 N–H and O–H groups in total. The molecule has 1 rings (SSSR count). The van der Waals surface area contributed by atoms with Gasteiger partial charge in [-0.3, -0.25) is 0 Å². The second-order valence-corrected chi connectivity index (χ2v) is 4.38. The predicted octanol–water partition coefficient (Wildman–Crippen LogP) is 2.90. The number of ether oxygens (including phenoxy) is 1. The first-order valence-electron chi connectivity index (χ1n) is 5.73. The molecule has 0 spiro atoms. The van der Waals surface area contributed by atoms with Gasteiger partial charge in [0.25, 0.3) is 0 Å². The van der Waals surface area contributed by atoms with Crippen LogP contribution in [0.1, 0.15) is 18.9 Å². The zero-order chi connectivity index (χ0) is 11.8. The minimum atomic E-state index is 0.364. The van der Waals surface area contributed by atoms with Crippen LogP contribution in [0, 0.1) is 0 Å². The number of hydrogen-bond donors (Lipinski definition) is 1. The van der Waals surface area contributed by atoms with Crippen LogP contribution in [-0.4, -0.2) is 26.3 Å². The minimum Gasteiger partial charge on any atom is -0.383 e. The second-order valence-electron chi connectivity index (χ2n) is 3.94. The fourth-order valence-corrected chi connectivity index (χ4v) is 1.90. The zero-order valence-corrected chi connectivity index (χ0v) is 10.8. The minimum absolute atomic E-state index is 0.364. The number of rotatable bonds is 7. The Labute approximate surface area is 103 Å². The highest BCUT2D eigenvalue weighted by Crippen LogP contribution is 2.12. The van der Waals surface area contributed by atoms with E-state index < -0.39 is 0 Å². The van der Waals surface area contributed by atoms with Crippen LogP contribution in [-0.2, 0) is 11.2 Å². The quantitative estimate of drug-likeness (QED) is 0.793. The van der Waals surface area contributed by atoms with Crippen molar-refractivity contribution in [2.45, 2.75) is 25.8 Å². The lowest BCUT2D eigenvalue weighted by Crippen LogP contribution is -2.35. The zero-order valence-electron chi connectivity index (χ0n) is 10.0. The molecule has 0 saturated heterocycles. The smallest absolute Gasteiger partial charge is 0.0619 e. The third kappa shape index (κ3) is 4.97. The molecule has 0 aromatic heterocycles. The fourth-order valence-electron chi connectivity index (χ4n) is 1.69. The molecule has 2 nitrogen and oxygen atoms in total. The third-order valence-corrected chi connectivity index (χ3v) is 2.66. The van der Waals surface area contributed by atoms with Gasteiger partial charge in [0.1, 0.15) is 0 Å². The van der Waals surface area contributed by atoms with Crippen LogP contribution in [0.25, 0.3) is 0 Å². The van der Waals surface area contributed by atoms with Crippen LogP contribution >= 0.6 is 11.6 Å². The molecule has 1 atom stereocenters. The summed E-state index contributed by atoms with van der Waals surface area (Å²) in [6.07, 6.45) is 2.09. The van der Waals surface area contributed by atoms with E-state index in [0.717, 1.165) is 31.0 Å². The predicted molar refractivity (Wildman–Crippen MR) is 69.1 cm³/mol. The van der Waals surface area contributed by atoms with Gasteiger partial charge in [0.2, 0.25) is 0 Å². The Hall–Kier alpha value is -0.570. The monoisotopic (exact) mass is 241 g/mol. The average molecular weight is 242 g/mol. The average Bonchev–Trinajstić information content (AvgIpc) is 2.26. The maximum Gasteiger partial charge on any atom is 0.0619 e. The van der Waals surface area contributed by atoms with Gasteiger partial charge in [-0.1, -0.05) is 30.7 Å². The van der Waals surface area contributed by atoms with Crippen LogP contribution < -0.4 is 5.32 Å². The first-order valence-corrected chi connectivity index (χ1v) is 6.10. The fraction of sp³-hybridized carbons (Fsp3) is 0.538. The van der Waals surface area contributed by atoms with Crippen LogP contribution in [0.5, 0.6) is 0 Å². The van der Waals surface area contributed by atoms with Crippen molar-refractivity contribution >= 4 is 11.6 Å². The highest BCUT2D eigenvalue weighted by atomic mass is 35.5. The summed E-state index contributed by atoms with van der Waals surface area (Å²) in [5.41, 5.74) is 1.25. The van der Waals surface area contributed by atoms with E-state index in [1.54, 1.807) is 7.11 Å². The van der Waals surface area contributed by atoms with Crippen molar-refractivity contribution in [1.29, 1.82) is 0 Å². The number of nitrogens with one attached hydrogen (secondary N) is 1. The molecular formula is C13H20ClNO. The van der Waals surface area contributed by atoms with Crippen molar-refractivity contribution in [3.63, 3.8) is 0 Å². The number of halogens is 1. The largest absolute Gasteiger partial charge is 0.383 e. The Kier molecular flexibility index (Phi) is 6.46. The SMILES string of the molecule is CCCNC(COC)Cc1cccc(Cl)c1. The Morgan fingerprint density at radius 2 is 2.25 bits per heavy atom. The Balaban J connectivity index is 2.52. The number of hydrogen-bond acceptors (Lipinski definition) is 2. The molecule has 1 aromatic carbocycles. The van der Waals surface area contributed by atoms with Crippen LogP contribution in [0.4, 0.5) is 0 Å². The highest BCUT2D eigenvalue weighted by molar-refractivity contribution is 6.30. The Morgan fingerprint density at radius 3 is 2.88 bits per heavy atom. The van der Waals surface area contributed by atoms with E-state index in [9.17, 15) is 0 Å². The number of benzene rings is 1.